The van der Waals surface area contributed by atoms with E-state index in [1.54, 1.807) is 0 Å². The van der Waals surface area contributed by atoms with Gasteiger partial charge in [-0.25, -0.2) is 0 Å². The van der Waals surface area contributed by atoms with Gasteiger partial charge in [-0.3, -0.25) is 9.59 Å². The summed E-state index contributed by atoms with van der Waals surface area (Å²) in [6.45, 7) is 0. The van der Waals surface area contributed by atoms with Gasteiger partial charge in [0.25, 0.3) is 0 Å². The fourth-order valence-corrected chi connectivity index (χ4v) is 2.01. The average molecular weight is 245 g/mol. The molecule has 1 aromatic carbocycles. The van der Waals surface area contributed by atoms with Gasteiger partial charge >= 0.3 is 0 Å². The van der Waals surface area contributed by atoms with E-state index in [0.29, 0.717) is 0 Å². The predicted octanol–water partition coefficient (Wildman–Crippen LogP) is 1.99. The zero-order valence-electron chi connectivity index (χ0n) is 7.41. The van der Waals surface area contributed by atoms with Crippen molar-refractivity contribution < 1.29 is 14.7 Å². The van der Waals surface area contributed by atoms with E-state index in [1.165, 1.54) is 18.2 Å². The number of phenolic OH excluding ortho intramolecular Hbond substituents is 1. The van der Waals surface area contributed by atoms with E-state index in [0.717, 1.165) is 0 Å². The van der Waals surface area contributed by atoms with E-state index in [1.807, 2.05) is 0 Å². The van der Waals surface area contributed by atoms with Gasteiger partial charge in [-0.1, -0.05) is 12.1 Å². The molecule has 2 rings (SSSR count). The van der Waals surface area contributed by atoms with Crippen LogP contribution in [0.15, 0.2) is 18.2 Å². The Morgan fingerprint density at radius 2 is 1.67 bits per heavy atom. The van der Waals surface area contributed by atoms with Gasteiger partial charge < -0.3 is 5.11 Å². The minimum Gasteiger partial charge on any atom is -0.507 e. The van der Waals surface area contributed by atoms with Crippen molar-refractivity contribution in [2.24, 2.45) is 0 Å². The van der Waals surface area contributed by atoms with E-state index in [9.17, 15) is 14.7 Å². The van der Waals surface area contributed by atoms with Crippen molar-refractivity contribution in [1.29, 1.82) is 0 Å². The number of phenols is 1. The molecule has 1 aliphatic carbocycles. The molecule has 1 aromatic rings. The zero-order valence-corrected chi connectivity index (χ0v) is 8.92. The Hall–Kier alpha value is -1.06. The predicted molar refractivity (Wildman–Crippen MR) is 56.0 cm³/mol. The third kappa shape index (κ3) is 1.43. The summed E-state index contributed by atoms with van der Waals surface area (Å²) in [6, 6.07) is 4.27. The zero-order chi connectivity index (χ0) is 11.2. The number of carbonyl (C=O) groups excluding carboxylic acids is 2. The second-order valence-corrected chi connectivity index (χ2v) is 4.17. The number of Topliss-reactive ketones (excluding diaryl/α,β-unsaturated/α-hetero) is 2. The van der Waals surface area contributed by atoms with Crippen LogP contribution >= 0.6 is 23.2 Å². The van der Waals surface area contributed by atoms with Crippen molar-refractivity contribution in [3.63, 3.8) is 0 Å². The Balaban J connectivity index is 2.70. The largest absolute Gasteiger partial charge is 0.507 e. The fourth-order valence-electron chi connectivity index (χ4n) is 1.56. The fraction of sp³-hybridized carbons (Fsp3) is 0.200. The van der Waals surface area contributed by atoms with Gasteiger partial charge in [0.05, 0.1) is 5.56 Å². The highest BCUT2D eigenvalue weighted by molar-refractivity contribution is 6.49. The molecule has 1 aliphatic rings. The first kappa shape index (κ1) is 10.5. The number of fused-ring (bicyclic) bond motifs is 1. The summed E-state index contributed by atoms with van der Waals surface area (Å²) >= 11 is 11.4. The molecule has 0 bridgehead atoms. The molecular formula is C10H6Cl2O3. The molecule has 0 heterocycles. The maximum absolute atomic E-state index is 11.7. The maximum Gasteiger partial charge on any atom is 0.187 e. The van der Waals surface area contributed by atoms with Crippen molar-refractivity contribution in [2.75, 3.05) is 0 Å². The van der Waals surface area contributed by atoms with E-state index in [2.05, 4.69) is 0 Å². The Morgan fingerprint density at radius 3 is 2.33 bits per heavy atom. The van der Waals surface area contributed by atoms with Crippen LogP contribution in [0, 0.1) is 0 Å². The van der Waals surface area contributed by atoms with Gasteiger partial charge in [-0.2, -0.15) is 0 Å². The number of alkyl halides is 2. The van der Waals surface area contributed by atoms with Crippen molar-refractivity contribution in [3.05, 3.63) is 29.3 Å². The minimum absolute atomic E-state index is 0.0283. The first-order valence-electron chi connectivity index (χ1n) is 4.22. The molecule has 0 amide bonds. The standard InChI is InChI=1S/C10H6Cl2O3/c11-7-8(12)10(15)6-4(9(7)14)2-1-3-5(6)13/h1-3,7-8,13H. The van der Waals surface area contributed by atoms with Crippen LogP contribution < -0.4 is 0 Å². The van der Waals surface area contributed by atoms with Crippen LogP contribution in [0.1, 0.15) is 20.7 Å². The number of carbonyl (C=O) groups is 2. The average Bonchev–Trinajstić information content (AvgIpc) is 2.23. The van der Waals surface area contributed by atoms with Gasteiger partial charge in [0.2, 0.25) is 0 Å². The molecule has 0 spiro atoms. The summed E-state index contributed by atoms with van der Waals surface area (Å²) in [7, 11) is 0. The molecule has 0 saturated heterocycles. The lowest BCUT2D eigenvalue weighted by atomic mass is 9.88. The van der Waals surface area contributed by atoms with E-state index < -0.39 is 22.3 Å². The molecule has 2 atom stereocenters. The maximum atomic E-state index is 11.7. The smallest absolute Gasteiger partial charge is 0.187 e. The number of hydrogen-bond acceptors (Lipinski definition) is 3. The molecule has 0 aromatic heterocycles. The number of ketones is 2. The van der Waals surface area contributed by atoms with Crippen molar-refractivity contribution in [1.82, 2.24) is 0 Å². The molecule has 2 unspecified atom stereocenters. The lowest BCUT2D eigenvalue weighted by Crippen LogP contribution is -2.38. The van der Waals surface area contributed by atoms with Crippen LogP contribution in [0.2, 0.25) is 0 Å². The Morgan fingerprint density at radius 1 is 1.07 bits per heavy atom. The Bertz CT molecular complexity index is 456. The molecular weight excluding hydrogens is 239 g/mol. The van der Waals surface area contributed by atoms with Gasteiger partial charge in [0.15, 0.2) is 11.6 Å². The van der Waals surface area contributed by atoms with Gasteiger partial charge in [-0.15, -0.1) is 23.2 Å². The number of aromatic hydroxyl groups is 1. The molecule has 3 nitrogen and oxygen atoms in total. The number of benzene rings is 1. The van der Waals surface area contributed by atoms with Crippen LogP contribution in [-0.2, 0) is 0 Å². The summed E-state index contributed by atoms with van der Waals surface area (Å²) < 4.78 is 0. The van der Waals surface area contributed by atoms with Gasteiger partial charge in [-0.05, 0) is 6.07 Å². The van der Waals surface area contributed by atoms with E-state index >= 15 is 0 Å². The lowest BCUT2D eigenvalue weighted by Gasteiger charge is -2.22. The molecule has 0 radical (unpaired) electrons. The third-order valence-corrected chi connectivity index (χ3v) is 3.34. The summed E-state index contributed by atoms with van der Waals surface area (Å²) in [6.07, 6.45) is 0. The Kier molecular flexibility index (Phi) is 2.44. The number of halogens is 2. The highest BCUT2D eigenvalue weighted by Gasteiger charge is 2.40. The molecule has 0 aliphatic heterocycles. The number of rotatable bonds is 0. The monoisotopic (exact) mass is 244 g/mol. The highest BCUT2D eigenvalue weighted by atomic mass is 35.5. The quantitative estimate of drug-likeness (QED) is 0.711. The normalized spacial score (nSPS) is 25.2. The summed E-state index contributed by atoms with van der Waals surface area (Å²) in [5.41, 5.74) is 0.108. The first-order chi connectivity index (χ1) is 7.04. The second kappa shape index (κ2) is 3.51. The van der Waals surface area contributed by atoms with Crippen LogP contribution in [0.5, 0.6) is 5.75 Å². The van der Waals surface area contributed by atoms with Crippen molar-refractivity contribution >= 4 is 34.8 Å². The van der Waals surface area contributed by atoms with Crippen LogP contribution in [-0.4, -0.2) is 27.4 Å². The molecule has 78 valence electrons. The molecule has 1 N–H and O–H groups in total. The second-order valence-electron chi connectivity index (χ2n) is 3.23. The van der Waals surface area contributed by atoms with Crippen LogP contribution in [0.3, 0.4) is 0 Å². The van der Waals surface area contributed by atoms with Crippen molar-refractivity contribution in [2.45, 2.75) is 10.8 Å². The van der Waals surface area contributed by atoms with Crippen LogP contribution in [0.4, 0.5) is 0 Å². The summed E-state index contributed by atoms with van der Waals surface area (Å²) in [5, 5.41) is 7.30. The van der Waals surface area contributed by atoms with E-state index in [4.69, 9.17) is 23.2 Å². The minimum atomic E-state index is -1.11. The third-order valence-electron chi connectivity index (χ3n) is 2.31. The topological polar surface area (TPSA) is 54.4 Å². The Labute approximate surface area is 95.6 Å². The van der Waals surface area contributed by atoms with E-state index in [-0.39, 0.29) is 16.9 Å². The molecule has 0 saturated carbocycles. The van der Waals surface area contributed by atoms with Gasteiger partial charge in [0.1, 0.15) is 16.5 Å². The molecule has 0 fully saturated rings. The molecule has 15 heavy (non-hydrogen) atoms. The van der Waals surface area contributed by atoms with Crippen LogP contribution in [0.25, 0.3) is 0 Å². The first-order valence-corrected chi connectivity index (χ1v) is 5.10. The summed E-state index contributed by atoms with van der Waals surface area (Å²) in [5.74, 6) is -1.17. The lowest BCUT2D eigenvalue weighted by molar-refractivity contribution is 0.0896. The van der Waals surface area contributed by atoms with Crippen molar-refractivity contribution in [3.8, 4) is 5.75 Å². The number of hydrogen-bond donors (Lipinski definition) is 1. The highest BCUT2D eigenvalue weighted by Crippen LogP contribution is 2.33. The van der Waals surface area contributed by atoms with Gasteiger partial charge in [0, 0.05) is 5.56 Å². The SMILES string of the molecule is O=C1c2cccc(O)c2C(=O)C(Cl)C1Cl. The summed E-state index contributed by atoms with van der Waals surface area (Å²) in [4.78, 5) is 23.3. The molecule has 5 heteroatoms.